The molecule has 7 rings (SSSR count). The van der Waals surface area contributed by atoms with Crippen molar-refractivity contribution in [3.8, 4) is 0 Å². The lowest BCUT2D eigenvalue weighted by atomic mass is 9.73. The molecule has 1 spiro atoms. The number of likely N-dealkylation sites (tertiary alicyclic amines) is 2. The van der Waals surface area contributed by atoms with E-state index in [1.807, 2.05) is 36.4 Å². The van der Waals surface area contributed by atoms with E-state index in [2.05, 4.69) is 73.6 Å². The Balaban J connectivity index is 1.05. The van der Waals surface area contributed by atoms with Gasteiger partial charge in [0, 0.05) is 18.3 Å². The Bertz CT molecular complexity index is 1550. The number of nitrogens with zero attached hydrogens (tertiary/aromatic N) is 2. The number of benzene rings is 2. The summed E-state index contributed by atoms with van der Waals surface area (Å²) in [6.45, 7) is 12.2. The molecule has 2 aromatic rings. The molecule has 2 bridgehead atoms. The maximum absolute atomic E-state index is 14.5. The summed E-state index contributed by atoms with van der Waals surface area (Å²) in [4.78, 5) is 47.2. The Morgan fingerprint density at radius 3 is 2.40 bits per heavy atom. The Morgan fingerprint density at radius 1 is 0.940 bits per heavy atom. The van der Waals surface area contributed by atoms with Gasteiger partial charge >= 0.3 is 0 Å². The van der Waals surface area contributed by atoms with Crippen LogP contribution in [-0.4, -0.2) is 77.5 Å². The number of hydrogen-bond acceptors (Lipinski definition) is 5. The molecular weight excluding hydrogens is 624 g/mol. The predicted octanol–water partition coefficient (Wildman–Crippen LogP) is 6.18. The summed E-state index contributed by atoms with van der Waals surface area (Å²) in [6.07, 6.45) is 10.7. The van der Waals surface area contributed by atoms with Crippen LogP contribution in [0, 0.1) is 29.6 Å². The van der Waals surface area contributed by atoms with Crippen molar-refractivity contribution < 1.29 is 19.1 Å². The Morgan fingerprint density at radius 2 is 1.68 bits per heavy atom. The lowest BCUT2D eigenvalue weighted by Crippen LogP contribution is -2.58. The van der Waals surface area contributed by atoms with E-state index in [4.69, 9.17) is 4.74 Å². The van der Waals surface area contributed by atoms with Gasteiger partial charge in [0.25, 0.3) is 0 Å². The van der Waals surface area contributed by atoms with Crippen LogP contribution in [0.1, 0.15) is 83.3 Å². The number of rotatable bonds is 11. The van der Waals surface area contributed by atoms with Gasteiger partial charge in [-0.05, 0) is 98.7 Å². The van der Waals surface area contributed by atoms with Crippen LogP contribution in [-0.2, 0) is 25.5 Å². The first-order valence-electron chi connectivity index (χ1n) is 19.3. The fourth-order valence-electron chi connectivity index (χ4n) is 9.56. The number of anilines is 1. The zero-order chi connectivity index (χ0) is 35.0. The van der Waals surface area contributed by atoms with E-state index in [0.29, 0.717) is 35.9 Å². The third-order valence-corrected chi connectivity index (χ3v) is 12.8. The van der Waals surface area contributed by atoms with Crippen LogP contribution in [0.2, 0.25) is 0 Å². The molecule has 4 fully saturated rings. The van der Waals surface area contributed by atoms with E-state index in [-0.39, 0.29) is 23.8 Å². The maximum atomic E-state index is 14.5. The number of nitrogens with one attached hydrogen (secondary N) is 2. The summed E-state index contributed by atoms with van der Waals surface area (Å²) in [7, 11) is 0. The summed E-state index contributed by atoms with van der Waals surface area (Å²) in [5.41, 5.74) is 2.16. The lowest BCUT2D eigenvalue weighted by Gasteiger charge is -2.38. The van der Waals surface area contributed by atoms with Crippen molar-refractivity contribution in [3.05, 3.63) is 77.9 Å². The second kappa shape index (κ2) is 14.6. The molecule has 0 radical (unpaired) electrons. The number of hydrogen-bond donors (Lipinski definition) is 2. The average molecular weight is 681 g/mol. The van der Waals surface area contributed by atoms with Gasteiger partial charge < -0.3 is 25.2 Å². The molecule has 1 saturated carbocycles. The van der Waals surface area contributed by atoms with Gasteiger partial charge in [-0.3, -0.25) is 14.4 Å². The van der Waals surface area contributed by atoms with Gasteiger partial charge in [0.05, 0.1) is 17.9 Å². The molecule has 8 nitrogen and oxygen atoms in total. The minimum absolute atomic E-state index is 0.0614. The summed E-state index contributed by atoms with van der Waals surface area (Å²) >= 11 is 0. The molecule has 2 aromatic carbocycles. The smallest absolute Gasteiger partial charge is 0.246 e. The summed E-state index contributed by atoms with van der Waals surface area (Å²) in [6, 6.07) is 17.9. The number of ether oxygens (including phenoxy) is 1. The van der Waals surface area contributed by atoms with E-state index in [9.17, 15) is 14.4 Å². The lowest BCUT2D eigenvalue weighted by molar-refractivity contribution is -0.141. The van der Waals surface area contributed by atoms with E-state index < -0.39 is 29.6 Å². The molecule has 5 aliphatic rings. The van der Waals surface area contributed by atoms with Crippen molar-refractivity contribution in [2.24, 2.45) is 29.6 Å². The number of fused-ring (bicyclic) bond motifs is 1. The van der Waals surface area contributed by atoms with E-state index in [1.54, 1.807) is 4.90 Å². The van der Waals surface area contributed by atoms with Crippen LogP contribution in [0.15, 0.2) is 66.7 Å². The molecule has 0 aromatic heterocycles. The number of carbonyl (C=O) groups is 3. The normalized spacial score (nSPS) is 32.5. The first-order valence-corrected chi connectivity index (χ1v) is 19.3. The highest BCUT2D eigenvalue weighted by Gasteiger charge is 2.72. The van der Waals surface area contributed by atoms with E-state index in [1.165, 1.54) is 30.4 Å². The van der Waals surface area contributed by atoms with Crippen LogP contribution in [0.5, 0.6) is 0 Å². The largest absolute Gasteiger partial charge is 0.359 e. The fraction of sp³-hybridized carbons (Fsp3) is 0.595. The van der Waals surface area contributed by atoms with Crippen LogP contribution < -0.4 is 10.6 Å². The maximum Gasteiger partial charge on any atom is 0.246 e. The van der Waals surface area contributed by atoms with Crippen molar-refractivity contribution in [2.75, 3.05) is 31.5 Å². The van der Waals surface area contributed by atoms with Gasteiger partial charge in [0.15, 0.2) is 0 Å². The molecule has 8 atom stereocenters. The minimum Gasteiger partial charge on any atom is -0.359 e. The van der Waals surface area contributed by atoms with Crippen molar-refractivity contribution >= 4 is 23.4 Å². The molecule has 3 saturated heterocycles. The zero-order valence-electron chi connectivity index (χ0n) is 30.4. The highest BCUT2D eigenvalue weighted by molar-refractivity contribution is 6.02. The van der Waals surface area contributed by atoms with E-state index >= 15 is 0 Å². The standard InChI is InChI=1S/C42H56N4O4/c1-27(2)32-14-16-33(17-15-32)43-39(47)36-35-18-21-42(50-35)37(36)41(49)46(38(42)40(48)44-34-13-8-10-28(3)29(34)4)23-9-22-45-24-19-31(20-25-45)26-30-11-6-5-7-12-30/h5-7,11-12,14-18,21,27-29,31,34-38H,8-10,13,19-20,22-26H2,1-4H3,(H,43,47)(H,44,48)/t28-,29+,34+,35+,36-,37+,38+,42+/m0/s1. The van der Waals surface area contributed by atoms with E-state index in [0.717, 1.165) is 45.3 Å². The molecule has 1 aliphatic carbocycles. The van der Waals surface area contributed by atoms with Crippen LogP contribution in [0.3, 0.4) is 0 Å². The Labute approximate surface area is 298 Å². The molecule has 50 heavy (non-hydrogen) atoms. The van der Waals surface area contributed by atoms with Gasteiger partial charge in [-0.25, -0.2) is 0 Å². The first kappa shape index (κ1) is 34.9. The topological polar surface area (TPSA) is 91.0 Å². The van der Waals surface area contributed by atoms with Crippen molar-refractivity contribution in [1.82, 2.24) is 15.1 Å². The summed E-state index contributed by atoms with van der Waals surface area (Å²) < 4.78 is 6.63. The molecule has 8 heteroatoms. The highest BCUT2D eigenvalue weighted by Crippen LogP contribution is 2.55. The Kier molecular flexibility index (Phi) is 10.2. The van der Waals surface area contributed by atoms with Crippen LogP contribution in [0.4, 0.5) is 5.69 Å². The van der Waals surface area contributed by atoms with Gasteiger partial charge in [-0.1, -0.05) is 95.2 Å². The van der Waals surface area contributed by atoms with Crippen LogP contribution in [0.25, 0.3) is 0 Å². The van der Waals surface area contributed by atoms with Crippen molar-refractivity contribution in [2.45, 2.75) is 102 Å². The number of piperidine rings is 1. The highest BCUT2D eigenvalue weighted by atomic mass is 16.5. The van der Waals surface area contributed by atoms with Gasteiger partial charge in [-0.2, -0.15) is 0 Å². The molecule has 3 amide bonds. The molecule has 4 aliphatic heterocycles. The molecule has 2 N–H and O–H groups in total. The number of amides is 3. The second-order valence-corrected chi connectivity index (χ2v) is 16.2. The van der Waals surface area contributed by atoms with Gasteiger partial charge in [0.1, 0.15) is 11.6 Å². The van der Waals surface area contributed by atoms with Crippen molar-refractivity contribution in [1.29, 1.82) is 0 Å². The van der Waals surface area contributed by atoms with Gasteiger partial charge in [-0.15, -0.1) is 0 Å². The first-order chi connectivity index (χ1) is 24.1. The zero-order valence-corrected chi connectivity index (χ0v) is 30.4. The molecule has 268 valence electrons. The fourth-order valence-corrected chi connectivity index (χ4v) is 9.56. The molecule has 4 heterocycles. The molecule has 0 unspecified atom stereocenters. The quantitative estimate of drug-likeness (QED) is 0.277. The predicted molar refractivity (Wildman–Crippen MR) is 196 cm³/mol. The van der Waals surface area contributed by atoms with Crippen molar-refractivity contribution in [3.63, 3.8) is 0 Å². The van der Waals surface area contributed by atoms with Gasteiger partial charge in [0.2, 0.25) is 17.7 Å². The Hall–Kier alpha value is -3.49. The summed E-state index contributed by atoms with van der Waals surface area (Å²) in [5, 5.41) is 6.46. The summed E-state index contributed by atoms with van der Waals surface area (Å²) in [5.74, 6) is 0.0112. The second-order valence-electron chi connectivity index (χ2n) is 16.2. The third-order valence-electron chi connectivity index (χ3n) is 12.8. The molecular formula is C42H56N4O4. The number of carbonyl (C=O) groups excluding carboxylic acids is 3. The SMILES string of the molecule is CC(C)c1ccc(NC(=O)[C@H]2[C@H]3C=C[C@@]4(O3)[C@H]2C(=O)N(CCCN2CCC(Cc3ccccc3)CC2)[C@@H]4C(=O)N[C@@H]2CCC[C@H](C)[C@H]2C)cc1. The minimum atomic E-state index is -1.14. The van der Waals surface area contributed by atoms with Crippen LogP contribution >= 0.6 is 0 Å². The third kappa shape index (κ3) is 6.78. The monoisotopic (exact) mass is 680 g/mol. The average Bonchev–Trinajstić information content (AvgIpc) is 3.75.